The van der Waals surface area contributed by atoms with Crippen LogP contribution in [0.3, 0.4) is 0 Å². The molecule has 0 aliphatic rings. The average Bonchev–Trinajstić information content (AvgIpc) is 2.15. The second-order valence-corrected chi connectivity index (χ2v) is 5.91. The molecule has 0 spiro atoms. The lowest BCUT2D eigenvalue weighted by Crippen LogP contribution is -2.28. The molecule has 0 aromatic heterocycles. The van der Waals surface area contributed by atoms with Crippen LogP contribution in [0, 0.1) is 6.92 Å². The molecule has 3 nitrogen and oxygen atoms in total. The second-order valence-electron chi connectivity index (χ2n) is 3.87. The van der Waals surface area contributed by atoms with E-state index in [-0.39, 0.29) is 6.04 Å². The van der Waals surface area contributed by atoms with Crippen molar-refractivity contribution >= 4 is 10.0 Å². The number of benzene rings is 1. The first-order chi connectivity index (χ1) is 6.82. The Hall–Kier alpha value is -0.870. The molecule has 4 heteroatoms. The summed E-state index contributed by atoms with van der Waals surface area (Å²) in [4.78, 5) is 0. The quantitative estimate of drug-likeness (QED) is 0.791. The molecule has 1 atom stereocenters. The van der Waals surface area contributed by atoms with Crippen LogP contribution in [-0.2, 0) is 10.0 Å². The molecule has 0 radical (unpaired) electrons. The van der Waals surface area contributed by atoms with Crippen molar-refractivity contribution in [3.8, 4) is 0 Å². The largest absolute Gasteiger partial charge is 0.212 e. The van der Waals surface area contributed by atoms with Gasteiger partial charge in [-0.05, 0) is 19.4 Å². The molecule has 0 aliphatic carbocycles. The van der Waals surface area contributed by atoms with Crippen molar-refractivity contribution in [3.05, 3.63) is 35.4 Å². The van der Waals surface area contributed by atoms with E-state index >= 15 is 0 Å². The topological polar surface area (TPSA) is 37.4 Å². The van der Waals surface area contributed by atoms with Gasteiger partial charge in [-0.1, -0.05) is 29.8 Å². The summed E-state index contributed by atoms with van der Waals surface area (Å²) in [5.41, 5.74) is 2.18. The number of sulfonamides is 1. The molecule has 1 aromatic rings. The molecule has 0 N–H and O–H groups in total. The van der Waals surface area contributed by atoms with Gasteiger partial charge in [0.25, 0.3) is 0 Å². The van der Waals surface area contributed by atoms with Gasteiger partial charge in [-0.25, -0.2) is 8.42 Å². The maximum atomic E-state index is 11.3. The Kier molecular flexibility index (Phi) is 3.52. The molecular formula is C11H17NO2S. The van der Waals surface area contributed by atoms with Crippen LogP contribution in [0.1, 0.15) is 24.1 Å². The highest BCUT2D eigenvalue weighted by molar-refractivity contribution is 7.88. The molecule has 15 heavy (non-hydrogen) atoms. The normalized spacial score (nSPS) is 14.2. The fraction of sp³-hybridized carbons (Fsp3) is 0.455. The van der Waals surface area contributed by atoms with Gasteiger partial charge >= 0.3 is 0 Å². The zero-order valence-electron chi connectivity index (χ0n) is 9.56. The van der Waals surface area contributed by atoms with Crippen LogP contribution in [0.25, 0.3) is 0 Å². The predicted octanol–water partition coefficient (Wildman–Crippen LogP) is 1.95. The highest BCUT2D eigenvalue weighted by Gasteiger charge is 2.19. The zero-order chi connectivity index (χ0) is 11.6. The Morgan fingerprint density at radius 1 is 1.20 bits per heavy atom. The Morgan fingerprint density at radius 3 is 2.07 bits per heavy atom. The van der Waals surface area contributed by atoms with Gasteiger partial charge in [-0.2, -0.15) is 4.31 Å². The van der Waals surface area contributed by atoms with E-state index in [1.807, 2.05) is 38.1 Å². The first-order valence-corrected chi connectivity index (χ1v) is 6.67. The van der Waals surface area contributed by atoms with Gasteiger partial charge in [0.15, 0.2) is 0 Å². The van der Waals surface area contributed by atoms with Gasteiger partial charge in [0.1, 0.15) is 0 Å². The van der Waals surface area contributed by atoms with Crippen molar-refractivity contribution in [3.63, 3.8) is 0 Å². The average molecular weight is 227 g/mol. The number of hydrogen-bond acceptors (Lipinski definition) is 2. The van der Waals surface area contributed by atoms with E-state index in [9.17, 15) is 8.42 Å². The molecule has 0 bridgehead atoms. The van der Waals surface area contributed by atoms with Crippen LogP contribution < -0.4 is 0 Å². The third kappa shape index (κ3) is 3.04. The summed E-state index contributed by atoms with van der Waals surface area (Å²) in [7, 11) is -1.53. The van der Waals surface area contributed by atoms with Crippen molar-refractivity contribution in [2.75, 3.05) is 13.3 Å². The Bertz CT molecular complexity index is 422. The van der Waals surface area contributed by atoms with Crippen LogP contribution in [0.15, 0.2) is 24.3 Å². The van der Waals surface area contributed by atoms with Crippen molar-refractivity contribution in [2.24, 2.45) is 0 Å². The number of hydrogen-bond donors (Lipinski definition) is 0. The van der Waals surface area contributed by atoms with E-state index in [1.165, 1.54) is 16.1 Å². The van der Waals surface area contributed by atoms with E-state index < -0.39 is 10.0 Å². The SMILES string of the molecule is Cc1ccc(C(C)N(C)S(C)(=O)=O)cc1. The Morgan fingerprint density at radius 2 is 1.67 bits per heavy atom. The Labute approximate surface area is 91.8 Å². The van der Waals surface area contributed by atoms with Crippen LogP contribution in [0.2, 0.25) is 0 Å². The summed E-state index contributed by atoms with van der Waals surface area (Å²) < 4.78 is 24.1. The van der Waals surface area contributed by atoms with Gasteiger partial charge in [0.05, 0.1) is 6.26 Å². The third-order valence-corrected chi connectivity index (χ3v) is 3.99. The molecule has 0 fully saturated rings. The van der Waals surface area contributed by atoms with E-state index in [0.29, 0.717) is 0 Å². The first kappa shape index (κ1) is 12.2. The van der Waals surface area contributed by atoms with Gasteiger partial charge in [0, 0.05) is 13.1 Å². The molecular weight excluding hydrogens is 210 g/mol. The monoisotopic (exact) mass is 227 g/mol. The lowest BCUT2D eigenvalue weighted by atomic mass is 10.1. The minimum atomic E-state index is -3.13. The summed E-state index contributed by atoms with van der Waals surface area (Å²) in [6, 6.07) is 7.77. The van der Waals surface area contributed by atoms with Gasteiger partial charge < -0.3 is 0 Å². The summed E-state index contributed by atoms with van der Waals surface area (Å²) >= 11 is 0. The molecule has 84 valence electrons. The van der Waals surface area contributed by atoms with Crippen molar-refractivity contribution in [2.45, 2.75) is 19.9 Å². The minimum Gasteiger partial charge on any atom is -0.212 e. The lowest BCUT2D eigenvalue weighted by Gasteiger charge is -2.22. The highest BCUT2D eigenvalue weighted by Crippen LogP contribution is 2.20. The summed E-state index contributed by atoms with van der Waals surface area (Å²) in [6.07, 6.45) is 1.22. The third-order valence-electron chi connectivity index (χ3n) is 2.63. The molecule has 0 saturated carbocycles. The standard InChI is InChI=1S/C11H17NO2S/c1-9-5-7-11(8-6-9)10(2)12(3)15(4,13)14/h5-8,10H,1-4H3. The maximum absolute atomic E-state index is 11.3. The first-order valence-electron chi connectivity index (χ1n) is 4.82. The fourth-order valence-electron chi connectivity index (χ4n) is 1.34. The van der Waals surface area contributed by atoms with Crippen LogP contribution in [0.4, 0.5) is 0 Å². The lowest BCUT2D eigenvalue weighted by molar-refractivity contribution is 0.402. The van der Waals surface area contributed by atoms with Gasteiger partial charge in [0.2, 0.25) is 10.0 Å². The van der Waals surface area contributed by atoms with E-state index in [2.05, 4.69) is 0 Å². The van der Waals surface area contributed by atoms with E-state index in [1.54, 1.807) is 7.05 Å². The van der Waals surface area contributed by atoms with Gasteiger partial charge in [-0.15, -0.1) is 0 Å². The highest BCUT2D eigenvalue weighted by atomic mass is 32.2. The number of rotatable bonds is 3. The van der Waals surface area contributed by atoms with Crippen LogP contribution >= 0.6 is 0 Å². The summed E-state index contributed by atoms with van der Waals surface area (Å²) in [6.45, 7) is 3.89. The van der Waals surface area contributed by atoms with Gasteiger partial charge in [-0.3, -0.25) is 0 Å². The zero-order valence-corrected chi connectivity index (χ0v) is 10.4. The van der Waals surface area contributed by atoms with E-state index in [4.69, 9.17) is 0 Å². The summed E-state index contributed by atoms with van der Waals surface area (Å²) in [5, 5.41) is 0. The van der Waals surface area contributed by atoms with E-state index in [0.717, 1.165) is 5.56 Å². The van der Waals surface area contributed by atoms with Crippen molar-refractivity contribution < 1.29 is 8.42 Å². The smallest absolute Gasteiger partial charge is 0.211 e. The molecule has 0 amide bonds. The predicted molar refractivity (Wildman–Crippen MR) is 62.2 cm³/mol. The molecule has 1 unspecified atom stereocenters. The maximum Gasteiger partial charge on any atom is 0.211 e. The second kappa shape index (κ2) is 4.33. The molecule has 0 saturated heterocycles. The number of nitrogens with zero attached hydrogens (tertiary/aromatic N) is 1. The Balaban J connectivity index is 2.95. The van der Waals surface area contributed by atoms with Crippen molar-refractivity contribution in [1.82, 2.24) is 4.31 Å². The summed E-state index contributed by atoms with van der Waals surface area (Å²) in [5.74, 6) is 0. The number of aryl methyl sites for hydroxylation is 1. The molecule has 1 rings (SSSR count). The molecule has 0 aliphatic heterocycles. The van der Waals surface area contributed by atoms with Crippen molar-refractivity contribution in [1.29, 1.82) is 0 Å². The molecule has 0 heterocycles. The fourth-order valence-corrected chi connectivity index (χ4v) is 2.04. The van der Waals surface area contributed by atoms with Crippen LogP contribution in [0.5, 0.6) is 0 Å². The van der Waals surface area contributed by atoms with Crippen LogP contribution in [-0.4, -0.2) is 26.0 Å². The molecule has 1 aromatic carbocycles. The minimum absolute atomic E-state index is 0.124.